The molecule has 0 heterocycles. The fourth-order valence-corrected chi connectivity index (χ4v) is 1.55. The zero-order valence-electron chi connectivity index (χ0n) is 9.58. The van der Waals surface area contributed by atoms with E-state index in [9.17, 15) is 10.2 Å². The average Bonchev–Trinajstić information content (AvgIpc) is 2.18. The van der Waals surface area contributed by atoms with Crippen molar-refractivity contribution < 1.29 is 10.2 Å². The van der Waals surface area contributed by atoms with Gasteiger partial charge in [0.25, 0.3) is 0 Å². The van der Waals surface area contributed by atoms with E-state index in [1.54, 1.807) is 31.2 Å². The lowest BCUT2D eigenvalue weighted by molar-refractivity contribution is -0.101. The van der Waals surface area contributed by atoms with Gasteiger partial charge in [-0.25, -0.2) is 0 Å². The fourth-order valence-electron chi connectivity index (χ4n) is 1.42. The van der Waals surface area contributed by atoms with E-state index in [-0.39, 0.29) is 0 Å². The van der Waals surface area contributed by atoms with Gasteiger partial charge in [0.05, 0.1) is 0 Å². The molecule has 0 fully saturated rings. The summed E-state index contributed by atoms with van der Waals surface area (Å²) in [5, 5.41) is 21.0. The summed E-state index contributed by atoms with van der Waals surface area (Å²) in [5.41, 5.74) is -2.37. The highest BCUT2D eigenvalue weighted by Gasteiger charge is 2.41. The number of benzene rings is 1. The Morgan fingerprint density at radius 1 is 1.12 bits per heavy atom. The normalized spacial score (nSPS) is 17.9. The molecule has 0 spiro atoms. The summed E-state index contributed by atoms with van der Waals surface area (Å²) >= 11 is 5.77. The lowest BCUT2D eigenvalue weighted by atomic mass is 9.80. The second-order valence-electron chi connectivity index (χ2n) is 4.03. The van der Waals surface area contributed by atoms with Gasteiger partial charge in [-0.3, -0.25) is 0 Å². The summed E-state index contributed by atoms with van der Waals surface area (Å²) in [7, 11) is 0. The van der Waals surface area contributed by atoms with Crippen molar-refractivity contribution >= 4 is 11.6 Å². The van der Waals surface area contributed by atoms with E-state index in [1.165, 1.54) is 13.8 Å². The first-order valence-corrected chi connectivity index (χ1v) is 5.34. The molecule has 86 valence electrons. The van der Waals surface area contributed by atoms with Gasteiger partial charge in [0.1, 0.15) is 5.60 Å². The standard InChI is InChI=1S/C13H15ClO2/c1-4-9-12(2,15)13(3,16)10-5-7-11(14)8-6-10/h5-8,15-16H,1-3H3. The number of halogens is 1. The van der Waals surface area contributed by atoms with Gasteiger partial charge in [-0.05, 0) is 38.5 Å². The fraction of sp³-hybridized carbons (Fsp3) is 0.385. The van der Waals surface area contributed by atoms with Gasteiger partial charge in [-0.1, -0.05) is 29.7 Å². The van der Waals surface area contributed by atoms with Crippen LogP contribution in [0.1, 0.15) is 26.3 Å². The smallest absolute Gasteiger partial charge is 0.154 e. The van der Waals surface area contributed by atoms with Crippen molar-refractivity contribution in [1.29, 1.82) is 0 Å². The molecule has 1 aromatic rings. The van der Waals surface area contributed by atoms with Crippen LogP contribution in [0.25, 0.3) is 0 Å². The van der Waals surface area contributed by atoms with Crippen LogP contribution in [-0.4, -0.2) is 15.8 Å². The van der Waals surface area contributed by atoms with Crippen LogP contribution in [-0.2, 0) is 5.60 Å². The molecule has 1 aromatic carbocycles. The molecule has 16 heavy (non-hydrogen) atoms. The van der Waals surface area contributed by atoms with Crippen LogP contribution in [0.5, 0.6) is 0 Å². The minimum absolute atomic E-state index is 0.574. The molecule has 0 bridgehead atoms. The molecule has 0 radical (unpaired) electrons. The van der Waals surface area contributed by atoms with Gasteiger partial charge in [0, 0.05) is 5.02 Å². The Kier molecular flexibility index (Phi) is 3.64. The second kappa shape index (κ2) is 4.47. The first-order valence-electron chi connectivity index (χ1n) is 4.96. The van der Waals surface area contributed by atoms with E-state index < -0.39 is 11.2 Å². The third-order valence-corrected chi connectivity index (χ3v) is 2.97. The second-order valence-corrected chi connectivity index (χ2v) is 4.46. The van der Waals surface area contributed by atoms with Crippen LogP contribution < -0.4 is 0 Å². The molecule has 2 unspecified atom stereocenters. The monoisotopic (exact) mass is 238 g/mol. The van der Waals surface area contributed by atoms with E-state index in [2.05, 4.69) is 11.8 Å². The molecule has 0 aromatic heterocycles. The highest BCUT2D eigenvalue weighted by Crippen LogP contribution is 2.32. The topological polar surface area (TPSA) is 40.5 Å². The molecule has 2 nitrogen and oxygen atoms in total. The van der Waals surface area contributed by atoms with Crippen molar-refractivity contribution in [1.82, 2.24) is 0 Å². The number of hydrogen-bond acceptors (Lipinski definition) is 2. The Bertz CT molecular complexity index is 421. The van der Waals surface area contributed by atoms with Crippen molar-refractivity contribution in [2.45, 2.75) is 32.0 Å². The lowest BCUT2D eigenvalue weighted by Crippen LogP contribution is -2.46. The van der Waals surface area contributed by atoms with Gasteiger partial charge in [-0.15, -0.1) is 5.92 Å². The van der Waals surface area contributed by atoms with E-state index in [4.69, 9.17) is 11.6 Å². The molecule has 1 rings (SSSR count). The highest BCUT2D eigenvalue weighted by atomic mass is 35.5. The lowest BCUT2D eigenvalue weighted by Gasteiger charge is -2.35. The third kappa shape index (κ3) is 2.38. The molecule has 2 atom stereocenters. The van der Waals surface area contributed by atoms with Crippen molar-refractivity contribution in [2.75, 3.05) is 0 Å². The number of aliphatic hydroxyl groups is 2. The Balaban J connectivity index is 3.18. The Labute approximate surface area is 101 Å². The van der Waals surface area contributed by atoms with Crippen LogP contribution in [0.15, 0.2) is 24.3 Å². The van der Waals surface area contributed by atoms with Gasteiger partial charge in [0.15, 0.2) is 5.60 Å². The molecule has 2 N–H and O–H groups in total. The maximum absolute atomic E-state index is 10.3. The summed E-state index contributed by atoms with van der Waals surface area (Å²) in [6, 6.07) is 6.68. The van der Waals surface area contributed by atoms with Crippen LogP contribution >= 0.6 is 11.6 Å². The molecule has 0 aliphatic heterocycles. The number of rotatable bonds is 2. The Hall–Kier alpha value is -1.01. The minimum atomic E-state index is -1.50. The van der Waals surface area contributed by atoms with Crippen molar-refractivity contribution in [3.8, 4) is 11.8 Å². The zero-order valence-corrected chi connectivity index (χ0v) is 10.3. The first-order chi connectivity index (χ1) is 7.31. The summed E-state index contributed by atoms with van der Waals surface area (Å²) < 4.78 is 0. The summed E-state index contributed by atoms with van der Waals surface area (Å²) in [6.45, 7) is 4.63. The van der Waals surface area contributed by atoms with E-state index in [1.807, 2.05) is 0 Å². The predicted octanol–water partition coefficient (Wildman–Crippen LogP) is 2.32. The molecule has 0 aliphatic carbocycles. The summed E-state index contributed by atoms with van der Waals surface area (Å²) in [6.07, 6.45) is 0. The summed E-state index contributed by atoms with van der Waals surface area (Å²) in [5.74, 6) is 5.21. The van der Waals surface area contributed by atoms with Gasteiger partial charge in [-0.2, -0.15) is 0 Å². The molecule has 0 amide bonds. The molecule has 0 saturated carbocycles. The van der Waals surface area contributed by atoms with E-state index in [0.29, 0.717) is 10.6 Å². The van der Waals surface area contributed by atoms with Gasteiger partial charge < -0.3 is 10.2 Å². The van der Waals surface area contributed by atoms with Crippen molar-refractivity contribution in [3.63, 3.8) is 0 Å². The average molecular weight is 239 g/mol. The van der Waals surface area contributed by atoms with Crippen LogP contribution in [0.3, 0.4) is 0 Å². The number of hydrogen-bond donors (Lipinski definition) is 2. The Morgan fingerprint density at radius 3 is 2.06 bits per heavy atom. The highest BCUT2D eigenvalue weighted by molar-refractivity contribution is 6.30. The largest absolute Gasteiger partial charge is 0.381 e. The van der Waals surface area contributed by atoms with Gasteiger partial charge >= 0.3 is 0 Å². The van der Waals surface area contributed by atoms with Gasteiger partial charge in [0.2, 0.25) is 0 Å². The SMILES string of the molecule is CC#CC(C)(O)C(C)(O)c1ccc(Cl)cc1. The molecular weight excluding hydrogens is 224 g/mol. The van der Waals surface area contributed by atoms with E-state index >= 15 is 0 Å². The minimum Gasteiger partial charge on any atom is -0.381 e. The zero-order chi connectivity index (χ0) is 12.4. The molecule has 0 saturated heterocycles. The molecule has 0 aliphatic rings. The maximum atomic E-state index is 10.3. The predicted molar refractivity (Wildman–Crippen MR) is 65.1 cm³/mol. The van der Waals surface area contributed by atoms with Crippen molar-refractivity contribution in [2.24, 2.45) is 0 Å². The summed E-state index contributed by atoms with van der Waals surface area (Å²) in [4.78, 5) is 0. The molecular formula is C13H15ClO2. The van der Waals surface area contributed by atoms with Crippen molar-refractivity contribution in [3.05, 3.63) is 34.9 Å². The van der Waals surface area contributed by atoms with Crippen LogP contribution in [0, 0.1) is 11.8 Å². The Morgan fingerprint density at radius 2 is 1.62 bits per heavy atom. The maximum Gasteiger partial charge on any atom is 0.154 e. The molecule has 3 heteroatoms. The van der Waals surface area contributed by atoms with Crippen LogP contribution in [0.4, 0.5) is 0 Å². The first kappa shape index (κ1) is 13.1. The van der Waals surface area contributed by atoms with E-state index in [0.717, 1.165) is 0 Å². The van der Waals surface area contributed by atoms with Crippen LogP contribution in [0.2, 0.25) is 5.02 Å². The quantitative estimate of drug-likeness (QED) is 0.777. The third-order valence-electron chi connectivity index (χ3n) is 2.72.